The van der Waals surface area contributed by atoms with Gasteiger partial charge in [-0.1, -0.05) is 11.8 Å². The van der Waals surface area contributed by atoms with Gasteiger partial charge in [0.15, 0.2) is 5.16 Å². The Morgan fingerprint density at radius 1 is 1.64 bits per heavy atom. The Bertz CT molecular complexity index is 285. The third kappa shape index (κ3) is 1.71. The van der Waals surface area contributed by atoms with E-state index < -0.39 is 0 Å². The Balaban J connectivity index is 2.72. The molecule has 0 atom stereocenters. The molecule has 0 saturated heterocycles. The number of hydrogen-bond acceptors (Lipinski definition) is 4. The molecule has 0 N–H and O–H groups in total. The van der Waals surface area contributed by atoms with Gasteiger partial charge in [0.25, 0.3) is 0 Å². The first-order valence-electron chi connectivity index (χ1n) is 3.11. The van der Waals surface area contributed by atoms with E-state index in [1.54, 1.807) is 0 Å². The number of aromatic nitrogens is 3. The third-order valence-corrected chi connectivity index (χ3v) is 2.21. The summed E-state index contributed by atoms with van der Waals surface area (Å²) in [7, 11) is 1.88. The fourth-order valence-corrected chi connectivity index (χ4v) is 1.23. The SMILES string of the molecule is Cc1nnc(SCC#N)n1C. The lowest BCUT2D eigenvalue weighted by Crippen LogP contribution is -1.93. The van der Waals surface area contributed by atoms with Gasteiger partial charge in [-0.25, -0.2) is 0 Å². The van der Waals surface area contributed by atoms with E-state index in [1.165, 1.54) is 11.8 Å². The molecule has 0 unspecified atom stereocenters. The predicted octanol–water partition coefficient (Wildman–Crippen LogP) is 0.739. The van der Waals surface area contributed by atoms with E-state index >= 15 is 0 Å². The zero-order chi connectivity index (χ0) is 8.27. The maximum absolute atomic E-state index is 8.30. The molecule has 0 aliphatic rings. The molecule has 5 heteroatoms. The number of nitriles is 1. The molecular weight excluding hydrogens is 160 g/mol. The molecular formula is C6H8N4S. The van der Waals surface area contributed by atoms with Crippen molar-refractivity contribution in [1.29, 1.82) is 5.26 Å². The van der Waals surface area contributed by atoms with Crippen LogP contribution in [0.3, 0.4) is 0 Å². The van der Waals surface area contributed by atoms with Crippen LogP contribution in [0.4, 0.5) is 0 Å². The van der Waals surface area contributed by atoms with Gasteiger partial charge in [0, 0.05) is 7.05 Å². The minimum absolute atomic E-state index is 0.423. The molecule has 0 aromatic carbocycles. The van der Waals surface area contributed by atoms with Gasteiger partial charge in [-0.2, -0.15) is 5.26 Å². The molecule has 0 aliphatic heterocycles. The molecule has 1 aromatic heterocycles. The number of nitrogens with zero attached hydrogens (tertiary/aromatic N) is 4. The zero-order valence-corrected chi connectivity index (χ0v) is 7.22. The zero-order valence-electron chi connectivity index (χ0n) is 6.40. The van der Waals surface area contributed by atoms with Crippen molar-refractivity contribution in [1.82, 2.24) is 14.8 Å². The summed E-state index contributed by atoms with van der Waals surface area (Å²) in [6.07, 6.45) is 0. The quantitative estimate of drug-likeness (QED) is 0.611. The lowest BCUT2D eigenvalue weighted by Gasteiger charge is -1.95. The van der Waals surface area contributed by atoms with Crippen LogP contribution in [-0.2, 0) is 7.05 Å². The summed E-state index contributed by atoms with van der Waals surface area (Å²) in [5.74, 6) is 1.29. The molecule has 1 aromatic rings. The van der Waals surface area contributed by atoms with Gasteiger partial charge in [0.1, 0.15) is 5.82 Å². The second kappa shape index (κ2) is 3.39. The van der Waals surface area contributed by atoms with Gasteiger partial charge in [-0.15, -0.1) is 10.2 Å². The molecule has 0 aliphatic carbocycles. The largest absolute Gasteiger partial charge is 0.309 e. The number of rotatable bonds is 2. The van der Waals surface area contributed by atoms with Crippen LogP contribution in [-0.4, -0.2) is 20.5 Å². The van der Waals surface area contributed by atoms with Crippen molar-refractivity contribution in [3.05, 3.63) is 5.82 Å². The molecule has 0 radical (unpaired) electrons. The molecule has 0 bridgehead atoms. The summed E-state index contributed by atoms with van der Waals surface area (Å²) in [6.45, 7) is 1.88. The van der Waals surface area contributed by atoms with Gasteiger partial charge in [0.2, 0.25) is 0 Å². The minimum Gasteiger partial charge on any atom is -0.309 e. The highest BCUT2D eigenvalue weighted by molar-refractivity contribution is 7.99. The topological polar surface area (TPSA) is 54.5 Å². The van der Waals surface area contributed by atoms with E-state index in [0.717, 1.165) is 11.0 Å². The number of thioether (sulfide) groups is 1. The van der Waals surface area contributed by atoms with Crippen molar-refractivity contribution in [3.63, 3.8) is 0 Å². The first-order chi connectivity index (χ1) is 5.25. The highest BCUT2D eigenvalue weighted by Gasteiger charge is 2.03. The Labute approximate surface area is 69.2 Å². The average molecular weight is 168 g/mol. The summed E-state index contributed by atoms with van der Waals surface area (Å²) in [6, 6.07) is 2.03. The van der Waals surface area contributed by atoms with Crippen molar-refractivity contribution >= 4 is 11.8 Å². The Morgan fingerprint density at radius 3 is 2.82 bits per heavy atom. The van der Waals surface area contributed by atoms with Gasteiger partial charge >= 0.3 is 0 Å². The van der Waals surface area contributed by atoms with E-state index in [-0.39, 0.29) is 0 Å². The fraction of sp³-hybridized carbons (Fsp3) is 0.500. The summed E-state index contributed by atoms with van der Waals surface area (Å²) in [5, 5.41) is 16.8. The molecule has 4 nitrogen and oxygen atoms in total. The molecule has 58 valence electrons. The van der Waals surface area contributed by atoms with Gasteiger partial charge < -0.3 is 4.57 Å². The molecule has 0 saturated carbocycles. The summed E-state index contributed by atoms with van der Waals surface area (Å²) in [5.41, 5.74) is 0. The van der Waals surface area contributed by atoms with Crippen molar-refractivity contribution in [2.75, 3.05) is 5.75 Å². The van der Waals surface area contributed by atoms with Crippen molar-refractivity contribution in [3.8, 4) is 6.07 Å². The van der Waals surface area contributed by atoms with Crippen LogP contribution in [0.15, 0.2) is 5.16 Å². The van der Waals surface area contributed by atoms with E-state index in [4.69, 9.17) is 5.26 Å². The molecule has 0 amide bonds. The van der Waals surface area contributed by atoms with Crippen LogP contribution in [0.2, 0.25) is 0 Å². The standard InChI is InChI=1S/C6H8N4S/c1-5-8-9-6(10(5)2)11-4-3-7/h4H2,1-2H3. The van der Waals surface area contributed by atoms with E-state index in [1.807, 2.05) is 24.6 Å². The van der Waals surface area contributed by atoms with Crippen molar-refractivity contribution < 1.29 is 0 Å². The van der Waals surface area contributed by atoms with E-state index in [9.17, 15) is 0 Å². The van der Waals surface area contributed by atoms with Crippen molar-refractivity contribution in [2.24, 2.45) is 7.05 Å². The molecule has 11 heavy (non-hydrogen) atoms. The van der Waals surface area contributed by atoms with Gasteiger partial charge in [-0.05, 0) is 6.92 Å². The van der Waals surface area contributed by atoms with Gasteiger partial charge in [0.05, 0.1) is 11.8 Å². The molecule has 0 spiro atoms. The maximum Gasteiger partial charge on any atom is 0.191 e. The van der Waals surface area contributed by atoms with Crippen LogP contribution in [0.25, 0.3) is 0 Å². The second-order valence-electron chi connectivity index (χ2n) is 2.04. The predicted molar refractivity (Wildman–Crippen MR) is 42.1 cm³/mol. The lowest BCUT2D eigenvalue weighted by molar-refractivity contribution is 0.766. The smallest absolute Gasteiger partial charge is 0.191 e. The highest BCUT2D eigenvalue weighted by Crippen LogP contribution is 2.13. The molecule has 1 rings (SSSR count). The highest BCUT2D eigenvalue weighted by atomic mass is 32.2. The maximum atomic E-state index is 8.30. The summed E-state index contributed by atoms with van der Waals surface area (Å²) >= 11 is 1.40. The average Bonchev–Trinajstić information content (AvgIpc) is 2.31. The molecule has 1 heterocycles. The summed E-state index contributed by atoms with van der Waals surface area (Å²) in [4.78, 5) is 0. The number of hydrogen-bond donors (Lipinski definition) is 0. The number of aryl methyl sites for hydroxylation is 1. The normalized spacial score (nSPS) is 9.55. The van der Waals surface area contributed by atoms with Crippen LogP contribution in [0.5, 0.6) is 0 Å². The third-order valence-electron chi connectivity index (χ3n) is 1.32. The monoisotopic (exact) mass is 168 g/mol. The lowest BCUT2D eigenvalue weighted by atomic mass is 10.7. The Kier molecular flexibility index (Phi) is 2.49. The van der Waals surface area contributed by atoms with Crippen LogP contribution in [0.1, 0.15) is 5.82 Å². The summed E-state index contributed by atoms with van der Waals surface area (Å²) < 4.78 is 1.86. The Hall–Kier alpha value is -1.02. The minimum atomic E-state index is 0.423. The van der Waals surface area contributed by atoms with Crippen LogP contribution < -0.4 is 0 Å². The first kappa shape index (κ1) is 8.08. The van der Waals surface area contributed by atoms with Crippen LogP contribution in [0, 0.1) is 18.3 Å². The van der Waals surface area contributed by atoms with Crippen LogP contribution >= 0.6 is 11.8 Å². The van der Waals surface area contributed by atoms with E-state index in [0.29, 0.717) is 5.75 Å². The van der Waals surface area contributed by atoms with E-state index in [2.05, 4.69) is 10.2 Å². The van der Waals surface area contributed by atoms with Crippen molar-refractivity contribution in [2.45, 2.75) is 12.1 Å². The first-order valence-corrected chi connectivity index (χ1v) is 4.10. The second-order valence-corrected chi connectivity index (χ2v) is 2.98. The molecule has 0 fully saturated rings. The fourth-order valence-electron chi connectivity index (χ4n) is 0.610. The van der Waals surface area contributed by atoms with Gasteiger partial charge in [-0.3, -0.25) is 0 Å². The Morgan fingerprint density at radius 2 is 2.36 bits per heavy atom.